The third-order valence-electron chi connectivity index (χ3n) is 5.61. The molecule has 4 aromatic rings. The van der Waals surface area contributed by atoms with E-state index in [-0.39, 0.29) is 118 Å². The Balaban J connectivity index is 0.00000552. The molecule has 236 valence electrons. The predicted molar refractivity (Wildman–Crippen MR) is 171 cm³/mol. The van der Waals surface area contributed by atoms with Gasteiger partial charge in [-0.2, -0.15) is 33.7 Å². The minimum atomic E-state index is -5.32. The Morgan fingerprint density at radius 2 is 0.729 bits per heavy atom. The van der Waals surface area contributed by atoms with Gasteiger partial charge in [0.2, 0.25) is 0 Å². The molecule has 0 atom stereocenters. The third kappa shape index (κ3) is 10.8. The third-order valence-corrected chi connectivity index (χ3v) is 9.14. The average molecular weight is 781 g/mol. The van der Waals surface area contributed by atoms with Gasteiger partial charge in [-0.05, 0) is 41.8 Å². The molecule has 4 radical (unpaired) electrons. The van der Waals surface area contributed by atoms with Crippen LogP contribution in [0.5, 0.6) is 11.5 Å². The topological polar surface area (TPSA) is 307 Å². The van der Waals surface area contributed by atoms with Crippen LogP contribution in [0.3, 0.4) is 0 Å². The zero-order valence-corrected chi connectivity index (χ0v) is 36.4. The maximum atomic E-state index is 12.2. The molecule has 0 fully saturated rings. The number of benzene rings is 4. The predicted octanol–water partition coefficient (Wildman–Crippen LogP) is 2.55. The number of phenols is 2. The van der Waals surface area contributed by atoms with Gasteiger partial charge in [-0.3, -0.25) is 18.2 Å². The van der Waals surface area contributed by atoms with E-state index in [1.54, 1.807) is 0 Å². The Kier molecular flexibility index (Phi) is 17.7. The molecule has 0 aliphatic carbocycles. The molecule has 4 rings (SSSR count). The van der Waals surface area contributed by atoms with Crippen LogP contribution >= 0.6 is 0 Å². The molecule has 0 aliphatic rings. The second-order valence-corrected chi connectivity index (χ2v) is 14.0. The van der Waals surface area contributed by atoms with Crippen molar-refractivity contribution in [2.75, 3.05) is 0 Å². The molecule has 0 aliphatic heterocycles. The zero-order chi connectivity index (χ0) is 32.8. The number of fused-ring (bicyclic) bond motifs is 1. The number of phenolic OH excluding ortho intramolecular Hbond substituents is 2. The van der Waals surface area contributed by atoms with Gasteiger partial charge in [0, 0.05) is 118 Å². The monoisotopic (exact) mass is 780 g/mol. The van der Waals surface area contributed by atoms with Crippen LogP contribution in [-0.4, -0.2) is 180 Å². The molecule has 4 aromatic carbocycles. The summed E-state index contributed by atoms with van der Waals surface area (Å²) in [4.78, 5) is -4.03. The Morgan fingerprint density at radius 1 is 0.438 bits per heavy atom. The van der Waals surface area contributed by atoms with Crippen LogP contribution in [0.1, 0.15) is 0 Å². The number of hydrogen-bond acceptors (Lipinski definition) is 14. The van der Waals surface area contributed by atoms with Crippen molar-refractivity contribution in [3.63, 3.8) is 0 Å². The summed E-state index contributed by atoms with van der Waals surface area (Å²) in [7, 11) is -20.4. The van der Waals surface area contributed by atoms with E-state index < -0.39 is 105 Å². The van der Waals surface area contributed by atoms with Gasteiger partial charge in [0.25, 0.3) is 40.5 Å². The molecule has 0 bridgehead atoms. The van der Waals surface area contributed by atoms with E-state index in [2.05, 4.69) is 20.5 Å². The molecule has 0 unspecified atom stereocenters. The van der Waals surface area contributed by atoms with E-state index in [0.29, 0.717) is 12.1 Å². The van der Waals surface area contributed by atoms with Gasteiger partial charge in [0.15, 0.2) is 11.5 Å². The van der Waals surface area contributed by atoms with Crippen molar-refractivity contribution in [2.24, 2.45) is 20.5 Å². The smallest absolute Gasteiger partial charge is 0.296 e. The normalized spacial score (nSPS) is 12.2. The summed E-state index contributed by atoms with van der Waals surface area (Å²) in [5.74, 6) is -2.59. The molecule has 0 saturated carbocycles. The summed E-state index contributed by atoms with van der Waals surface area (Å²) in [6, 6.07) is 9.81. The van der Waals surface area contributed by atoms with Gasteiger partial charge in [0.05, 0.1) is 5.39 Å². The fourth-order valence-corrected chi connectivity index (χ4v) is 6.33. The molecule has 6 N–H and O–H groups in total. The van der Waals surface area contributed by atoms with Crippen LogP contribution in [0.25, 0.3) is 10.8 Å². The molecule has 0 amide bonds. The number of hydrogen-bond donors (Lipinski definition) is 6. The van der Waals surface area contributed by atoms with Crippen molar-refractivity contribution in [2.45, 2.75) is 19.6 Å². The van der Waals surface area contributed by atoms with Crippen LogP contribution < -0.4 is 0 Å². The summed E-state index contributed by atoms with van der Waals surface area (Å²) < 4.78 is 134. The Hall–Kier alpha value is -0.420. The summed E-state index contributed by atoms with van der Waals surface area (Å²) in [5.41, 5.74) is -3.35. The Bertz CT molecular complexity index is 2210. The van der Waals surface area contributed by atoms with Crippen LogP contribution in [0.2, 0.25) is 0 Å². The summed E-state index contributed by atoms with van der Waals surface area (Å²) >= 11 is 0. The molecule has 0 spiro atoms. The minimum Gasteiger partial charge on any atom is -0.505 e. The Labute approximate surface area is 361 Å². The quantitative estimate of drug-likeness (QED) is 0.0851. The SMILES string of the molecule is O=S(=O)(O)c1ccccc1N=Nc1c(S(=O)(=O)O)cc2cc(S(=O)(=O)O)c(N=Nc3ccccc3S(=O)(=O)O)c(O)c2c1O.[Na].[Na].[Na].[Na]. The van der Waals surface area contributed by atoms with Crippen LogP contribution in [0.4, 0.5) is 22.7 Å². The van der Waals surface area contributed by atoms with Gasteiger partial charge in [-0.15, -0.1) is 20.5 Å². The first-order valence-corrected chi connectivity index (χ1v) is 16.9. The van der Waals surface area contributed by atoms with Crippen LogP contribution in [0.15, 0.2) is 101 Å². The first-order chi connectivity index (χ1) is 20.2. The van der Waals surface area contributed by atoms with Crippen molar-refractivity contribution in [3.8, 4) is 11.5 Å². The molecule has 18 nitrogen and oxygen atoms in total. The second kappa shape index (κ2) is 17.9. The van der Waals surface area contributed by atoms with Crippen molar-refractivity contribution >= 4 is 192 Å². The van der Waals surface area contributed by atoms with Crippen molar-refractivity contribution in [3.05, 3.63) is 60.7 Å². The maximum Gasteiger partial charge on any atom is 0.296 e. The molecule has 0 saturated heterocycles. The maximum absolute atomic E-state index is 12.2. The molecule has 0 aromatic heterocycles. The minimum absolute atomic E-state index is 0. The first-order valence-electron chi connectivity index (χ1n) is 11.2. The molecule has 26 heteroatoms. The number of rotatable bonds is 8. The molecular weight excluding hydrogens is 764 g/mol. The second-order valence-electron chi connectivity index (χ2n) is 8.48. The number of nitrogens with zero attached hydrogens (tertiary/aromatic N) is 4. The summed E-state index contributed by atoms with van der Waals surface area (Å²) in [5, 5.41) is 34.5. The zero-order valence-electron chi connectivity index (χ0n) is 25.1. The van der Waals surface area contributed by atoms with E-state index >= 15 is 0 Å². The van der Waals surface area contributed by atoms with E-state index in [4.69, 9.17) is 0 Å². The number of azo groups is 2. The van der Waals surface area contributed by atoms with Gasteiger partial charge < -0.3 is 10.2 Å². The fourth-order valence-electron chi connectivity index (χ4n) is 3.77. The standard InChI is InChI=1S/C22H16N4O14S4.4Na/c27-21-18-11(9-16(43(35,36)37)19(21)25-23-12-5-1-3-7-14(12)41(29,30)31)10-17(44(38,39)40)20(22(18)28)26-24-13-6-2-4-8-15(13)42(32,33)34;;;;/h1-10,27-28H,(H,29,30,31)(H,32,33,34)(H,35,36,37)(H,38,39,40);;;;. The number of aromatic hydroxyl groups is 2. The van der Waals surface area contributed by atoms with Crippen molar-refractivity contribution in [1.82, 2.24) is 0 Å². The van der Waals surface area contributed by atoms with Gasteiger partial charge in [-0.1, -0.05) is 24.3 Å². The summed E-state index contributed by atoms with van der Waals surface area (Å²) in [6.45, 7) is 0. The van der Waals surface area contributed by atoms with E-state index in [9.17, 15) is 62.1 Å². The van der Waals surface area contributed by atoms with E-state index in [1.165, 1.54) is 24.3 Å². The Morgan fingerprint density at radius 3 is 1.02 bits per heavy atom. The van der Waals surface area contributed by atoms with Gasteiger partial charge in [0.1, 0.15) is 42.3 Å². The van der Waals surface area contributed by atoms with Crippen molar-refractivity contribution in [1.29, 1.82) is 0 Å². The van der Waals surface area contributed by atoms with E-state index in [1.807, 2.05) is 0 Å². The molecular formula is C22H16N4Na4O14S4. The van der Waals surface area contributed by atoms with Gasteiger partial charge >= 0.3 is 0 Å². The molecule has 48 heavy (non-hydrogen) atoms. The van der Waals surface area contributed by atoms with Crippen LogP contribution in [0, 0.1) is 0 Å². The summed E-state index contributed by atoms with van der Waals surface area (Å²) in [6.07, 6.45) is 0. The largest absolute Gasteiger partial charge is 0.505 e. The van der Waals surface area contributed by atoms with Crippen molar-refractivity contribution < 1.29 is 62.1 Å². The van der Waals surface area contributed by atoms with E-state index in [0.717, 1.165) is 24.3 Å². The van der Waals surface area contributed by atoms with Crippen LogP contribution in [-0.2, 0) is 40.5 Å². The average Bonchev–Trinajstić information content (AvgIpc) is 2.89. The fraction of sp³-hybridized carbons (Fsp3) is 0. The molecule has 0 heterocycles. The van der Waals surface area contributed by atoms with Gasteiger partial charge in [-0.25, -0.2) is 0 Å². The first kappa shape index (κ1) is 47.6.